The minimum atomic E-state index is -3.41. The molecule has 2 rings (SSSR count). The Morgan fingerprint density at radius 3 is 2.75 bits per heavy atom. The molecule has 2 heterocycles. The van der Waals surface area contributed by atoms with Gasteiger partial charge in [-0.3, -0.25) is 4.68 Å². The normalized spacial score (nSPS) is 21.5. The van der Waals surface area contributed by atoms with Crippen LogP contribution in [0, 0.1) is 0 Å². The van der Waals surface area contributed by atoms with Crippen molar-refractivity contribution in [3.8, 4) is 0 Å². The Morgan fingerprint density at radius 2 is 2.15 bits per heavy atom. The molecular formula is C13H24N4O2S. The second-order valence-electron chi connectivity index (χ2n) is 5.71. The van der Waals surface area contributed by atoms with Crippen molar-refractivity contribution in [1.29, 1.82) is 0 Å². The second-order valence-corrected chi connectivity index (χ2v) is 7.60. The van der Waals surface area contributed by atoms with E-state index in [0.29, 0.717) is 11.4 Å². The molecule has 1 aliphatic heterocycles. The van der Waals surface area contributed by atoms with Crippen LogP contribution >= 0.6 is 0 Å². The Kier molecular flexibility index (Phi) is 4.82. The van der Waals surface area contributed by atoms with Gasteiger partial charge in [0.05, 0.1) is 6.20 Å². The van der Waals surface area contributed by atoms with E-state index in [0.717, 1.165) is 32.2 Å². The number of aryl methyl sites for hydroxylation is 1. The predicted molar refractivity (Wildman–Crippen MR) is 77.9 cm³/mol. The summed E-state index contributed by atoms with van der Waals surface area (Å²) >= 11 is 0. The lowest BCUT2D eigenvalue weighted by Crippen LogP contribution is -2.44. The zero-order valence-electron chi connectivity index (χ0n) is 12.5. The molecule has 0 N–H and O–H groups in total. The van der Waals surface area contributed by atoms with E-state index >= 15 is 0 Å². The fourth-order valence-corrected chi connectivity index (χ4v) is 4.36. The predicted octanol–water partition coefficient (Wildman–Crippen LogP) is 0.915. The van der Waals surface area contributed by atoms with Crippen molar-refractivity contribution in [3.05, 3.63) is 12.4 Å². The van der Waals surface area contributed by atoms with Crippen LogP contribution in [0.4, 0.5) is 0 Å². The van der Waals surface area contributed by atoms with E-state index in [1.807, 2.05) is 14.1 Å². The van der Waals surface area contributed by atoms with Crippen molar-refractivity contribution in [2.75, 3.05) is 27.2 Å². The third kappa shape index (κ3) is 3.39. The highest BCUT2D eigenvalue weighted by atomic mass is 32.2. The van der Waals surface area contributed by atoms with Crippen LogP contribution in [0.2, 0.25) is 0 Å². The van der Waals surface area contributed by atoms with E-state index in [1.54, 1.807) is 17.5 Å². The molecule has 0 spiro atoms. The summed E-state index contributed by atoms with van der Waals surface area (Å²) in [5, 5.41) is 3.98. The summed E-state index contributed by atoms with van der Waals surface area (Å²) in [6.07, 6.45) is 6.90. The highest BCUT2D eigenvalue weighted by Crippen LogP contribution is 2.26. The third-order valence-corrected chi connectivity index (χ3v) is 5.68. The number of aromatic nitrogens is 2. The van der Waals surface area contributed by atoms with Gasteiger partial charge in [0.15, 0.2) is 0 Å². The van der Waals surface area contributed by atoms with Crippen LogP contribution in [0.15, 0.2) is 17.3 Å². The molecule has 0 unspecified atom stereocenters. The van der Waals surface area contributed by atoms with E-state index < -0.39 is 10.0 Å². The Bertz CT molecular complexity index is 538. The average Bonchev–Trinajstić information content (AvgIpc) is 2.84. The molecule has 20 heavy (non-hydrogen) atoms. The van der Waals surface area contributed by atoms with E-state index in [-0.39, 0.29) is 6.04 Å². The maximum Gasteiger partial charge on any atom is 0.246 e. The number of rotatable bonds is 5. The van der Waals surface area contributed by atoms with Crippen molar-refractivity contribution in [1.82, 2.24) is 19.0 Å². The minimum Gasteiger partial charge on any atom is -0.309 e. The Morgan fingerprint density at radius 1 is 1.40 bits per heavy atom. The quantitative estimate of drug-likeness (QED) is 0.811. The number of piperidine rings is 1. The number of hydrogen-bond donors (Lipinski definition) is 0. The lowest BCUT2D eigenvalue weighted by Gasteiger charge is -2.35. The van der Waals surface area contributed by atoms with Crippen LogP contribution in [0.3, 0.4) is 0 Å². The first-order valence-corrected chi connectivity index (χ1v) is 8.50. The molecule has 1 saturated heterocycles. The molecule has 1 aromatic rings. The number of hydrogen-bond acceptors (Lipinski definition) is 4. The summed E-state index contributed by atoms with van der Waals surface area (Å²) in [5.74, 6) is 0. The molecule has 114 valence electrons. The summed E-state index contributed by atoms with van der Waals surface area (Å²) in [6, 6.07) is 0.108. The molecule has 7 heteroatoms. The highest BCUT2D eigenvalue weighted by Gasteiger charge is 2.33. The maximum atomic E-state index is 12.7. The SMILES string of the molecule is CN(C)CC[C@H]1CCCCN1S(=O)(=O)c1cnn(C)c1. The maximum absolute atomic E-state index is 12.7. The first-order valence-electron chi connectivity index (χ1n) is 7.06. The molecule has 0 aromatic carbocycles. The molecule has 0 bridgehead atoms. The second kappa shape index (κ2) is 6.24. The zero-order chi connectivity index (χ0) is 14.8. The lowest BCUT2D eigenvalue weighted by molar-refractivity contribution is 0.222. The van der Waals surface area contributed by atoms with Gasteiger partial charge in [0.25, 0.3) is 0 Å². The van der Waals surface area contributed by atoms with Crippen molar-refractivity contribution >= 4 is 10.0 Å². The first-order chi connectivity index (χ1) is 9.41. The molecule has 1 aliphatic rings. The van der Waals surface area contributed by atoms with Crippen LogP contribution in [0.5, 0.6) is 0 Å². The first kappa shape index (κ1) is 15.5. The van der Waals surface area contributed by atoms with Gasteiger partial charge in [0, 0.05) is 25.8 Å². The minimum absolute atomic E-state index is 0.108. The molecule has 0 radical (unpaired) electrons. The van der Waals surface area contributed by atoms with E-state index in [4.69, 9.17) is 0 Å². The van der Waals surface area contributed by atoms with E-state index in [9.17, 15) is 8.42 Å². The fourth-order valence-electron chi connectivity index (χ4n) is 2.65. The van der Waals surface area contributed by atoms with Crippen LogP contribution in [-0.4, -0.2) is 60.6 Å². The average molecular weight is 300 g/mol. The summed E-state index contributed by atoms with van der Waals surface area (Å²) < 4.78 is 28.6. The lowest BCUT2D eigenvalue weighted by atomic mass is 10.0. The standard InChI is InChI=1S/C13H24N4O2S/c1-15(2)9-7-12-6-4-5-8-17(12)20(18,19)13-10-14-16(3)11-13/h10-12H,4-9H2,1-3H3/t12-/m1/s1. The summed E-state index contributed by atoms with van der Waals surface area (Å²) in [7, 11) is 2.36. The third-order valence-electron chi connectivity index (χ3n) is 3.77. The highest BCUT2D eigenvalue weighted by molar-refractivity contribution is 7.89. The van der Waals surface area contributed by atoms with Gasteiger partial charge in [-0.25, -0.2) is 8.42 Å². The van der Waals surface area contributed by atoms with Crippen molar-refractivity contribution < 1.29 is 8.42 Å². The van der Waals surface area contributed by atoms with Gasteiger partial charge in [-0.1, -0.05) is 6.42 Å². The molecular weight excluding hydrogens is 276 g/mol. The van der Waals surface area contributed by atoms with Gasteiger partial charge in [-0.05, 0) is 39.9 Å². The van der Waals surface area contributed by atoms with Crippen LogP contribution < -0.4 is 0 Å². The van der Waals surface area contributed by atoms with Crippen molar-refractivity contribution in [2.24, 2.45) is 7.05 Å². The summed E-state index contributed by atoms with van der Waals surface area (Å²) in [5.41, 5.74) is 0. The monoisotopic (exact) mass is 300 g/mol. The zero-order valence-corrected chi connectivity index (χ0v) is 13.3. The van der Waals surface area contributed by atoms with Gasteiger partial charge in [-0.15, -0.1) is 0 Å². The van der Waals surface area contributed by atoms with Crippen LogP contribution in [0.25, 0.3) is 0 Å². The molecule has 1 aromatic heterocycles. The number of nitrogens with zero attached hydrogens (tertiary/aromatic N) is 4. The van der Waals surface area contributed by atoms with Crippen molar-refractivity contribution in [2.45, 2.75) is 36.6 Å². The summed E-state index contributed by atoms with van der Waals surface area (Å²) in [4.78, 5) is 2.40. The molecule has 6 nitrogen and oxygen atoms in total. The fraction of sp³-hybridized carbons (Fsp3) is 0.769. The number of sulfonamides is 1. The van der Waals surface area contributed by atoms with E-state index in [2.05, 4.69) is 10.00 Å². The van der Waals surface area contributed by atoms with Gasteiger partial charge >= 0.3 is 0 Å². The van der Waals surface area contributed by atoms with E-state index in [1.165, 1.54) is 10.9 Å². The molecule has 0 aliphatic carbocycles. The van der Waals surface area contributed by atoms with Gasteiger partial charge in [0.1, 0.15) is 4.90 Å². The molecule has 1 atom stereocenters. The Hall–Kier alpha value is -0.920. The van der Waals surface area contributed by atoms with Crippen LogP contribution in [0.1, 0.15) is 25.7 Å². The van der Waals surface area contributed by atoms with Gasteiger partial charge in [0.2, 0.25) is 10.0 Å². The van der Waals surface area contributed by atoms with Gasteiger partial charge in [-0.2, -0.15) is 9.40 Å². The Balaban J connectivity index is 2.18. The molecule has 0 amide bonds. The van der Waals surface area contributed by atoms with Crippen LogP contribution in [-0.2, 0) is 17.1 Å². The largest absolute Gasteiger partial charge is 0.309 e. The topological polar surface area (TPSA) is 58.4 Å². The molecule has 0 saturated carbocycles. The van der Waals surface area contributed by atoms with Gasteiger partial charge < -0.3 is 4.90 Å². The summed E-state index contributed by atoms with van der Waals surface area (Å²) in [6.45, 7) is 1.53. The van der Waals surface area contributed by atoms with Crippen molar-refractivity contribution in [3.63, 3.8) is 0 Å². The molecule has 1 fully saturated rings. The Labute approximate surface area is 121 Å². The smallest absolute Gasteiger partial charge is 0.246 e.